The van der Waals surface area contributed by atoms with E-state index < -0.39 is 0 Å². The monoisotopic (exact) mass is 538 g/mol. The summed E-state index contributed by atoms with van der Waals surface area (Å²) in [6.45, 7) is 2.60. The summed E-state index contributed by atoms with van der Waals surface area (Å²) in [6, 6.07) is 37.7. The van der Waals surface area contributed by atoms with Crippen LogP contribution in [0.2, 0.25) is 0 Å². The molecule has 1 aliphatic rings. The van der Waals surface area contributed by atoms with E-state index in [1.54, 1.807) is 4.90 Å². The van der Waals surface area contributed by atoms with Gasteiger partial charge in [-0.1, -0.05) is 84.9 Å². The van der Waals surface area contributed by atoms with E-state index in [1.165, 1.54) is 11.8 Å². The summed E-state index contributed by atoms with van der Waals surface area (Å²) < 4.78 is 2.14. The van der Waals surface area contributed by atoms with Crippen molar-refractivity contribution in [2.75, 3.05) is 0 Å². The SMILES string of the molecule is C[C@@H](c1ccccc1)N1C(=O)/C(=C\c2cn(Cc3ccccc3C#N)c3ccccc23)SC1=Nc1ccccc1. The average molecular weight is 539 g/mol. The fourth-order valence-electron chi connectivity index (χ4n) is 5.01. The van der Waals surface area contributed by atoms with Gasteiger partial charge < -0.3 is 4.57 Å². The van der Waals surface area contributed by atoms with Crippen molar-refractivity contribution in [1.82, 2.24) is 9.47 Å². The molecule has 1 atom stereocenters. The summed E-state index contributed by atoms with van der Waals surface area (Å²) >= 11 is 1.40. The van der Waals surface area contributed by atoms with Crippen LogP contribution < -0.4 is 0 Å². The first kappa shape index (κ1) is 25.4. The second-order valence-corrected chi connectivity index (χ2v) is 10.6. The van der Waals surface area contributed by atoms with E-state index in [0.29, 0.717) is 22.2 Å². The molecule has 6 rings (SSSR count). The molecule has 0 aliphatic carbocycles. The Morgan fingerprint density at radius 2 is 1.57 bits per heavy atom. The number of carbonyl (C=O) groups excluding carboxylic acids is 1. The lowest BCUT2D eigenvalue weighted by Gasteiger charge is -2.24. The third kappa shape index (κ3) is 4.95. The van der Waals surface area contributed by atoms with Crippen LogP contribution in [0.4, 0.5) is 5.69 Å². The van der Waals surface area contributed by atoms with Crippen molar-refractivity contribution in [3.63, 3.8) is 0 Å². The molecule has 2 heterocycles. The standard InChI is InChI=1S/C34H26N4OS/c1-24(25-12-4-2-5-13-25)38-33(39)32(40-34(38)36-29-16-6-3-7-17-29)20-28-23-37(31-19-11-10-18-30(28)31)22-27-15-9-8-14-26(27)21-35/h2-20,23-24H,22H2,1H3/b32-20+,36-34?/t24-/m0/s1. The first-order chi connectivity index (χ1) is 19.6. The lowest BCUT2D eigenvalue weighted by atomic mass is 10.1. The lowest BCUT2D eigenvalue weighted by molar-refractivity contribution is -0.123. The molecule has 194 valence electrons. The Morgan fingerprint density at radius 3 is 2.35 bits per heavy atom. The third-order valence-corrected chi connectivity index (χ3v) is 8.05. The van der Waals surface area contributed by atoms with Crippen molar-refractivity contribution in [2.45, 2.75) is 19.5 Å². The molecule has 0 unspecified atom stereocenters. The van der Waals surface area contributed by atoms with E-state index in [-0.39, 0.29) is 11.9 Å². The molecule has 0 saturated carbocycles. The highest BCUT2D eigenvalue weighted by molar-refractivity contribution is 8.18. The molecule has 1 aromatic heterocycles. The number of thioether (sulfide) groups is 1. The van der Waals surface area contributed by atoms with Crippen LogP contribution in [0.5, 0.6) is 0 Å². The molecule has 0 radical (unpaired) electrons. The minimum absolute atomic E-state index is 0.0670. The van der Waals surface area contributed by atoms with Crippen molar-refractivity contribution in [3.05, 3.63) is 143 Å². The quantitative estimate of drug-likeness (QED) is 0.206. The van der Waals surface area contributed by atoms with Crippen molar-refractivity contribution >= 4 is 45.5 Å². The van der Waals surface area contributed by atoms with Gasteiger partial charge in [0.05, 0.1) is 28.3 Å². The molecular weight excluding hydrogens is 512 g/mol. The average Bonchev–Trinajstić information content (AvgIpc) is 3.50. The van der Waals surface area contributed by atoms with Gasteiger partial charge in [0, 0.05) is 29.2 Å². The Kier molecular flexibility index (Phi) is 7.05. The number of hydrogen-bond donors (Lipinski definition) is 0. The fourth-order valence-corrected chi connectivity index (χ4v) is 6.07. The molecule has 0 spiro atoms. The molecule has 5 nitrogen and oxygen atoms in total. The normalized spacial score (nSPS) is 16.1. The molecule has 1 aliphatic heterocycles. The van der Waals surface area contributed by atoms with Gasteiger partial charge in [0.2, 0.25) is 0 Å². The molecule has 1 amide bonds. The number of carbonyl (C=O) groups is 1. The summed E-state index contributed by atoms with van der Waals surface area (Å²) in [5.74, 6) is -0.0670. The number of rotatable bonds is 6. The van der Waals surface area contributed by atoms with Crippen LogP contribution in [0.1, 0.15) is 35.2 Å². The maximum absolute atomic E-state index is 14.0. The van der Waals surface area contributed by atoms with Crippen LogP contribution in [0.25, 0.3) is 17.0 Å². The number of fused-ring (bicyclic) bond motifs is 1. The van der Waals surface area contributed by atoms with Crippen LogP contribution in [-0.2, 0) is 11.3 Å². The van der Waals surface area contributed by atoms with Crippen molar-refractivity contribution in [1.29, 1.82) is 5.26 Å². The van der Waals surface area contributed by atoms with Crippen molar-refractivity contribution in [3.8, 4) is 6.07 Å². The lowest BCUT2D eigenvalue weighted by Crippen LogP contribution is -2.32. The number of amides is 1. The van der Waals surface area contributed by atoms with Gasteiger partial charge >= 0.3 is 0 Å². The Labute approximate surface area is 237 Å². The van der Waals surface area contributed by atoms with E-state index >= 15 is 0 Å². The summed E-state index contributed by atoms with van der Waals surface area (Å²) in [5, 5.41) is 11.3. The number of aliphatic imine (C=N–C) groups is 1. The summed E-state index contributed by atoms with van der Waals surface area (Å²) in [6.07, 6.45) is 4.04. The van der Waals surface area contributed by atoms with Crippen molar-refractivity contribution < 1.29 is 4.79 Å². The highest BCUT2D eigenvalue weighted by Crippen LogP contribution is 2.40. The number of hydrogen-bond acceptors (Lipinski definition) is 4. The first-order valence-electron chi connectivity index (χ1n) is 13.1. The maximum atomic E-state index is 14.0. The Morgan fingerprint density at radius 1 is 0.900 bits per heavy atom. The van der Waals surface area contributed by atoms with E-state index in [2.05, 4.69) is 29.0 Å². The molecule has 1 fully saturated rings. The summed E-state index contributed by atoms with van der Waals surface area (Å²) in [7, 11) is 0. The number of amidine groups is 1. The van der Waals surface area contributed by atoms with Gasteiger partial charge in [-0.05, 0) is 60.2 Å². The van der Waals surface area contributed by atoms with E-state index in [1.807, 2.05) is 110 Å². The molecule has 0 bridgehead atoms. The number of aromatic nitrogens is 1. The molecule has 4 aromatic carbocycles. The Hall–Kier alpha value is -4.86. The van der Waals surface area contributed by atoms with Crippen LogP contribution in [0.3, 0.4) is 0 Å². The van der Waals surface area contributed by atoms with Crippen LogP contribution >= 0.6 is 11.8 Å². The zero-order valence-corrected chi connectivity index (χ0v) is 22.8. The van der Waals surface area contributed by atoms with Crippen molar-refractivity contribution in [2.24, 2.45) is 4.99 Å². The van der Waals surface area contributed by atoms with Crippen LogP contribution in [0, 0.1) is 11.3 Å². The molecule has 1 saturated heterocycles. The molecule has 40 heavy (non-hydrogen) atoms. The van der Waals surface area contributed by atoms with Gasteiger partial charge in [0.25, 0.3) is 5.91 Å². The number of nitrogens with zero attached hydrogens (tertiary/aromatic N) is 4. The first-order valence-corrected chi connectivity index (χ1v) is 13.9. The smallest absolute Gasteiger partial charge is 0.267 e. The Balaban J connectivity index is 1.42. The second kappa shape index (κ2) is 11.1. The van der Waals surface area contributed by atoms with Crippen LogP contribution in [0.15, 0.2) is 125 Å². The largest absolute Gasteiger partial charge is 0.342 e. The second-order valence-electron chi connectivity index (χ2n) is 9.60. The van der Waals surface area contributed by atoms with Gasteiger partial charge in [0.1, 0.15) is 0 Å². The van der Waals surface area contributed by atoms with Gasteiger partial charge in [-0.3, -0.25) is 9.69 Å². The third-order valence-electron chi connectivity index (χ3n) is 7.07. The molecule has 6 heteroatoms. The topological polar surface area (TPSA) is 61.4 Å². The van der Waals surface area contributed by atoms with Gasteiger partial charge in [-0.2, -0.15) is 5.26 Å². The maximum Gasteiger partial charge on any atom is 0.267 e. The highest BCUT2D eigenvalue weighted by atomic mass is 32.2. The number of nitriles is 1. The Bertz CT molecular complexity index is 1800. The van der Waals surface area contributed by atoms with Gasteiger partial charge in [-0.25, -0.2) is 4.99 Å². The minimum Gasteiger partial charge on any atom is -0.342 e. The van der Waals surface area contributed by atoms with E-state index in [0.717, 1.165) is 33.3 Å². The number of para-hydroxylation sites is 2. The van der Waals surface area contributed by atoms with Gasteiger partial charge in [-0.15, -0.1) is 0 Å². The zero-order valence-electron chi connectivity index (χ0n) is 21.9. The number of benzene rings is 4. The predicted molar refractivity (Wildman–Crippen MR) is 163 cm³/mol. The molecule has 5 aromatic rings. The molecular formula is C34H26N4OS. The van der Waals surface area contributed by atoms with E-state index in [4.69, 9.17) is 4.99 Å². The zero-order chi connectivity index (χ0) is 27.5. The fraction of sp³-hybridized carbons (Fsp3) is 0.0882. The minimum atomic E-state index is -0.182. The summed E-state index contributed by atoms with van der Waals surface area (Å²) in [5.41, 5.74) is 5.47. The van der Waals surface area contributed by atoms with Crippen LogP contribution in [-0.4, -0.2) is 20.5 Å². The van der Waals surface area contributed by atoms with Gasteiger partial charge in [0.15, 0.2) is 5.17 Å². The van der Waals surface area contributed by atoms with E-state index in [9.17, 15) is 10.1 Å². The highest BCUT2D eigenvalue weighted by Gasteiger charge is 2.37. The predicted octanol–water partition coefficient (Wildman–Crippen LogP) is 7.93. The molecule has 0 N–H and O–H groups in total. The summed E-state index contributed by atoms with van der Waals surface area (Å²) in [4.78, 5) is 21.3.